The second kappa shape index (κ2) is 6.12. The summed E-state index contributed by atoms with van der Waals surface area (Å²) in [6, 6.07) is 16.3. The van der Waals surface area contributed by atoms with Gasteiger partial charge in [0.1, 0.15) is 5.76 Å². The van der Waals surface area contributed by atoms with Gasteiger partial charge in [0.25, 0.3) is 0 Å². The molecule has 0 spiro atoms. The standard InChI is InChI=1S/C16H15N3O/c1-2-4-13(5-3-1)16(14-6-9-17-10-7-14)18-12-15-8-11-19-20-15/h1-11,16,18H,12H2. The zero-order chi connectivity index (χ0) is 13.6. The molecule has 1 unspecified atom stereocenters. The zero-order valence-corrected chi connectivity index (χ0v) is 10.9. The van der Waals surface area contributed by atoms with E-state index in [4.69, 9.17) is 4.52 Å². The Morgan fingerprint density at radius 3 is 2.35 bits per heavy atom. The van der Waals surface area contributed by atoms with E-state index in [1.54, 1.807) is 18.6 Å². The predicted octanol–water partition coefficient (Wildman–Crippen LogP) is 2.95. The molecule has 0 radical (unpaired) electrons. The monoisotopic (exact) mass is 265 g/mol. The molecule has 0 aliphatic carbocycles. The number of nitrogens with zero attached hydrogens (tertiary/aromatic N) is 2. The summed E-state index contributed by atoms with van der Waals surface area (Å²) in [6.45, 7) is 0.627. The average Bonchev–Trinajstić information content (AvgIpc) is 3.03. The summed E-state index contributed by atoms with van der Waals surface area (Å²) in [5.74, 6) is 0.819. The van der Waals surface area contributed by atoms with E-state index in [1.165, 1.54) is 11.1 Å². The average molecular weight is 265 g/mol. The van der Waals surface area contributed by atoms with Crippen molar-refractivity contribution in [2.75, 3.05) is 0 Å². The first-order valence-corrected chi connectivity index (χ1v) is 6.51. The van der Waals surface area contributed by atoms with E-state index in [0.29, 0.717) is 6.54 Å². The van der Waals surface area contributed by atoms with Crippen LogP contribution in [-0.4, -0.2) is 10.1 Å². The highest BCUT2D eigenvalue weighted by atomic mass is 16.5. The Morgan fingerprint density at radius 2 is 1.65 bits per heavy atom. The Kier molecular flexibility index (Phi) is 3.85. The molecular weight excluding hydrogens is 250 g/mol. The van der Waals surface area contributed by atoms with E-state index in [0.717, 1.165) is 5.76 Å². The lowest BCUT2D eigenvalue weighted by atomic mass is 10.00. The lowest BCUT2D eigenvalue weighted by Crippen LogP contribution is -2.21. The fourth-order valence-corrected chi connectivity index (χ4v) is 2.17. The third-order valence-corrected chi connectivity index (χ3v) is 3.14. The molecule has 2 heterocycles. The van der Waals surface area contributed by atoms with Gasteiger partial charge >= 0.3 is 0 Å². The van der Waals surface area contributed by atoms with Gasteiger partial charge in [0.05, 0.1) is 18.8 Å². The predicted molar refractivity (Wildman–Crippen MR) is 75.9 cm³/mol. The fraction of sp³-hybridized carbons (Fsp3) is 0.125. The van der Waals surface area contributed by atoms with Gasteiger partial charge in [-0.05, 0) is 23.3 Å². The summed E-state index contributed by atoms with van der Waals surface area (Å²) in [5, 5.41) is 7.21. The van der Waals surface area contributed by atoms with Crippen molar-refractivity contribution in [3.8, 4) is 0 Å². The van der Waals surface area contributed by atoms with Crippen LogP contribution in [0.3, 0.4) is 0 Å². The quantitative estimate of drug-likeness (QED) is 0.770. The van der Waals surface area contributed by atoms with Crippen molar-refractivity contribution >= 4 is 0 Å². The fourth-order valence-electron chi connectivity index (χ4n) is 2.17. The molecular formula is C16H15N3O. The summed E-state index contributed by atoms with van der Waals surface area (Å²) in [7, 11) is 0. The number of nitrogens with one attached hydrogen (secondary N) is 1. The van der Waals surface area contributed by atoms with Gasteiger partial charge in [-0.1, -0.05) is 35.5 Å². The minimum atomic E-state index is 0.101. The third-order valence-electron chi connectivity index (χ3n) is 3.14. The van der Waals surface area contributed by atoms with Crippen LogP contribution in [0.5, 0.6) is 0 Å². The minimum absolute atomic E-state index is 0.101. The van der Waals surface area contributed by atoms with E-state index in [9.17, 15) is 0 Å². The van der Waals surface area contributed by atoms with Crippen LogP contribution in [0, 0.1) is 0 Å². The zero-order valence-electron chi connectivity index (χ0n) is 10.9. The van der Waals surface area contributed by atoms with Crippen LogP contribution in [0.15, 0.2) is 71.6 Å². The van der Waals surface area contributed by atoms with Crippen LogP contribution in [0.4, 0.5) is 0 Å². The molecule has 3 rings (SSSR count). The van der Waals surface area contributed by atoms with E-state index in [1.807, 2.05) is 36.4 Å². The summed E-state index contributed by atoms with van der Waals surface area (Å²) in [4.78, 5) is 4.08. The van der Waals surface area contributed by atoms with Crippen molar-refractivity contribution in [2.45, 2.75) is 12.6 Å². The molecule has 0 fully saturated rings. The van der Waals surface area contributed by atoms with Gasteiger partial charge in [-0.15, -0.1) is 0 Å². The van der Waals surface area contributed by atoms with E-state index < -0.39 is 0 Å². The number of rotatable bonds is 5. The molecule has 0 bridgehead atoms. The molecule has 1 atom stereocenters. The maximum Gasteiger partial charge on any atom is 0.150 e. The minimum Gasteiger partial charge on any atom is -0.360 e. The molecule has 4 heteroatoms. The third kappa shape index (κ3) is 2.92. The van der Waals surface area contributed by atoms with Gasteiger partial charge < -0.3 is 4.52 Å². The number of pyridine rings is 1. The topological polar surface area (TPSA) is 51.0 Å². The molecule has 2 aromatic heterocycles. The van der Waals surface area contributed by atoms with E-state index in [-0.39, 0.29) is 6.04 Å². The van der Waals surface area contributed by atoms with Gasteiger partial charge in [0.2, 0.25) is 0 Å². The molecule has 100 valence electrons. The van der Waals surface area contributed by atoms with E-state index >= 15 is 0 Å². The molecule has 0 amide bonds. The van der Waals surface area contributed by atoms with Crippen molar-refractivity contribution in [3.05, 3.63) is 84.0 Å². The summed E-state index contributed by atoms with van der Waals surface area (Å²) < 4.78 is 5.13. The highest BCUT2D eigenvalue weighted by molar-refractivity contribution is 5.30. The molecule has 1 N–H and O–H groups in total. The molecule has 0 aliphatic rings. The van der Waals surface area contributed by atoms with Crippen molar-refractivity contribution in [1.29, 1.82) is 0 Å². The second-order valence-electron chi connectivity index (χ2n) is 4.48. The molecule has 1 aromatic carbocycles. The van der Waals surface area contributed by atoms with Crippen molar-refractivity contribution in [2.24, 2.45) is 0 Å². The maximum absolute atomic E-state index is 5.13. The Morgan fingerprint density at radius 1 is 0.900 bits per heavy atom. The number of hydrogen-bond donors (Lipinski definition) is 1. The lowest BCUT2D eigenvalue weighted by Gasteiger charge is -2.18. The first-order chi connectivity index (χ1) is 9.93. The molecule has 3 aromatic rings. The Balaban J connectivity index is 1.84. The first kappa shape index (κ1) is 12.6. The van der Waals surface area contributed by atoms with Crippen LogP contribution in [0.1, 0.15) is 22.9 Å². The number of benzene rings is 1. The van der Waals surface area contributed by atoms with Crippen LogP contribution in [0.25, 0.3) is 0 Å². The summed E-state index contributed by atoms with van der Waals surface area (Å²) in [5.41, 5.74) is 2.38. The Hall–Kier alpha value is -2.46. The maximum atomic E-state index is 5.13. The summed E-state index contributed by atoms with van der Waals surface area (Å²) >= 11 is 0. The Bertz CT molecular complexity index is 584. The molecule has 20 heavy (non-hydrogen) atoms. The Labute approximate surface area is 117 Å². The van der Waals surface area contributed by atoms with Crippen molar-refractivity contribution in [1.82, 2.24) is 15.5 Å². The van der Waals surface area contributed by atoms with Gasteiger partial charge in [-0.3, -0.25) is 10.3 Å². The second-order valence-corrected chi connectivity index (χ2v) is 4.48. The molecule has 0 aliphatic heterocycles. The molecule has 4 nitrogen and oxygen atoms in total. The summed E-state index contributed by atoms with van der Waals surface area (Å²) in [6.07, 6.45) is 5.27. The van der Waals surface area contributed by atoms with Crippen LogP contribution >= 0.6 is 0 Å². The smallest absolute Gasteiger partial charge is 0.150 e. The van der Waals surface area contributed by atoms with Crippen LogP contribution < -0.4 is 5.32 Å². The number of hydrogen-bond acceptors (Lipinski definition) is 4. The van der Waals surface area contributed by atoms with Gasteiger partial charge in [0.15, 0.2) is 0 Å². The highest BCUT2D eigenvalue weighted by Crippen LogP contribution is 2.21. The van der Waals surface area contributed by atoms with Gasteiger partial charge in [-0.2, -0.15) is 0 Å². The molecule has 0 saturated carbocycles. The number of aromatic nitrogens is 2. The lowest BCUT2D eigenvalue weighted by molar-refractivity contribution is 0.368. The largest absolute Gasteiger partial charge is 0.360 e. The molecule has 0 saturated heterocycles. The highest BCUT2D eigenvalue weighted by Gasteiger charge is 2.13. The normalized spacial score (nSPS) is 12.2. The van der Waals surface area contributed by atoms with Crippen molar-refractivity contribution in [3.63, 3.8) is 0 Å². The van der Waals surface area contributed by atoms with Gasteiger partial charge in [0, 0.05) is 18.5 Å². The van der Waals surface area contributed by atoms with Crippen molar-refractivity contribution < 1.29 is 4.52 Å². The first-order valence-electron chi connectivity index (χ1n) is 6.51. The SMILES string of the molecule is c1ccc(C(NCc2ccno2)c2ccncc2)cc1. The van der Waals surface area contributed by atoms with E-state index in [2.05, 4.69) is 27.6 Å². The van der Waals surface area contributed by atoms with Crippen LogP contribution in [-0.2, 0) is 6.54 Å². The van der Waals surface area contributed by atoms with Gasteiger partial charge in [-0.25, -0.2) is 0 Å². The van der Waals surface area contributed by atoms with Crippen LogP contribution in [0.2, 0.25) is 0 Å².